The van der Waals surface area contributed by atoms with Crippen LogP contribution in [0.5, 0.6) is 0 Å². The smallest absolute Gasteiger partial charge is 1.00 e. The predicted molar refractivity (Wildman–Crippen MR) is 165 cm³/mol. The fourth-order valence-corrected chi connectivity index (χ4v) is 11.2. The quantitative estimate of drug-likeness (QED) is 0.154. The fourth-order valence-electron chi connectivity index (χ4n) is 5.86. The largest absolute Gasteiger partial charge is 4.00 e. The molecule has 218 valence electrons. The number of rotatable bonds is 10. The van der Waals surface area contributed by atoms with Crippen molar-refractivity contribution in [3.05, 3.63) is 112 Å². The minimum Gasteiger partial charge on any atom is -1.00 e. The Bertz CT molecular complexity index is 1170. The number of hydrogen-bond acceptors (Lipinski definition) is 0. The van der Waals surface area contributed by atoms with Crippen LogP contribution in [0.2, 0.25) is 0 Å². The summed E-state index contributed by atoms with van der Waals surface area (Å²) in [7, 11) is -2.55. The SMILES string of the molecule is CCCCC1=C([Si](c2cccc(C(C)C)c2)(c2cccc(C(C)C)c2)c2cccc(C(C)C)c2)CC=[C-]1.[Cl-].[Cl-].[Cl-].[Ti+4]. The van der Waals surface area contributed by atoms with Gasteiger partial charge in [0.05, 0.1) is 8.07 Å². The Kier molecular flexibility index (Phi) is 17.5. The molecule has 0 saturated carbocycles. The molecule has 0 unspecified atom stereocenters. The molecule has 3 aromatic rings. The van der Waals surface area contributed by atoms with Gasteiger partial charge in [-0.1, -0.05) is 163 Å². The molecule has 0 heterocycles. The zero-order chi connectivity index (χ0) is 26.6. The van der Waals surface area contributed by atoms with E-state index in [0.29, 0.717) is 17.8 Å². The molecule has 3 aromatic carbocycles. The van der Waals surface area contributed by atoms with Crippen LogP contribution in [0, 0.1) is 6.08 Å². The average Bonchev–Trinajstić information content (AvgIpc) is 3.37. The minimum absolute atomic E-state index is 0. The van der Waals surface area contributed by atoms with Crippen LogP contribution in [-0.4, -0.2) is 8.07 Å². The summed E-state index contributed by atoms with van der Waals surface area (Å²) in [4.78, 5) is 0. The van der Waals surface area contributed by atoms with Gasteiger partial charge in [-0.05, 0) is 34.4 Å². The van der Waals surface area contributed by atoms with Gasteiger partial charge in [0, 0.05) is 0 Å². The molecule has 0 aliphatic heterocycles. The molecule has 41 heavy (non-hydrogen) atoms. The fraction of sp³-hybridized carbons (Fsp3) is 0.389. The van der Waals surface area contributed by atoms with Gasteiger partial charge in [0.15, 0.2) is 0 Å². The molecular formula is C36H45Cl3SiTi. The molecule has 0 nitrogen and oxygen atoms in total. The molecule has 0 N–H and O–H groups in total. The van der Waals surface area contributed by atoms with Crippen molar-refractivity contribution in [2.45, 2.75) is 91.9 Å². The Morgan fingerprint density at radius 3 is 1.39 bits per heavy atom. The first-order valence-electron chi connectivity index (χ1n) is 14.4. The number of unbranched alkanes of at least 4 members (excludes halogenated alkanes) is 1. The molecule has 5 heteroatoms. The van der Waals surface area contributed by atoms with Gasteiger partial charge in [-0.2, -0.15) is 6.08 Å². The van der Waals surface area contributed by atoms with Gasteiger partial charge in [-0.3, -0.25) is 6.08 Å². The molecule has 1 aliphatic carbocycles. The first-order valence-corrected chi connectivity index (χ1v) is 16.4. The van der Waals surface area contributed by atoms with E-state index >= 15 is 0 Å². The normalized spacial score (nSPS) is 12.6. The molecule has 0 amide bonds. The summed E-state index contributed by atoms with van der Waals surface area (Å²) < 4.78 is 0. The van der Waals surface area contributed by atoms with Crippen molar-refractivity contribution in [2.24, 2.45) is 0 Å². The molecule has 1 aliphatic rings. The maximum atomic E-state index is 3.76. The Morgan fingerprint density at radius 1 is 0.659 bits per heavy atom. The van der Waals surface area contributed by atoms with E-state index < -0.39 is 8.07 Å². The van der Waals surface area contributed by atoms with Crippen molar-refractivity contribution < 1.29 is 58.9 Å². The van der Waals surface area contributed by atoms with E-state index in [1.807, 2.05) is 0 Å². The van der Waals surface area contributed by atoms with Gasteiger partial charge in [-0.25, -0.2) is 10.8 Å². The molecule has 0 bridgehead atoms. The number of halogens is 3. The Hall–Kier alpha value is -1.06. The van der Waals surface area contributed by atoms with Crippen LogP contribution in [0.4, 0.5) is 0 Å². The van der Waals surface area contributed by atoms with Gasteiger partial charge in [-0.15, -0.1) is 0 Å². The van der Waals surface area contributed by atoms with Crippen LogP contribution >= 0.6 is 0 Å². The predicted octanol–water partition coefficient (Wildman–Crippen LogP) is -0.674. The van der Waals surface area contributed by atoms with E-state index in [2.05, 4.69) is 133 Å². The summed E-state index contributed by atoms with van der Waals surface area (Å²) >= 11 is 0. The second-order valence-corrected chi connectivity index (χ2v) is 15.5. The summed E-state index contributed by atoms with van der Waals surface area (Å²) in [6, 6.07) is 28.8. The Balaban J connectivity index is 0.00000400. The zero-order valence-corrected chi connectivity index (χ0v) is 30.5. The molecule has 4 rings (SSSR count). The van der Waals surface area contributed by atoms with E-state index in [1.165, 1.54) is 50.7 Å². The van der Waals surface area contributed by atoms with Gasteiger partial charge in [0.25, 0.3) is 0 Å². The van der Waals surface area contributed by atoms with E-state index in [1.54, 1.807) is 5.20 Å². The maximum Gasteiger partial charge on any atom is 4.00 e. The van der Waals surface area contributed by atoms with Gasteiger partial charge in [0.1, 0.15) is 0 Å². The topological polar surface area (TPSA) is 0 Å². The van der Waals surface area contributed by atoms with E-state index in [-0.39, 0.29) is 58.9 Å². The van der Waals surface area contributed by atoms with Crippen LogP contribution in [-0.2, 0) is 21.7 Å². The monoisotopic (exact) mass is 658 g/mol. The zero-order valence-electron chi connectivity index (χ0n) is 25.7. The minimum atomic E-state index is -2.55. The van der Waals surface area contributed by atoms with Crippen LogP contribution in [0.15, 0.2) is 89.6 Å². The van der Waals surface area contributed by atoms with Crippen molar-refractivity contribution >= 4 is 23.6 Å². The van der Waals surface area contributed by atoms with Gasteiger partial charge < -0.3 is 37.2 Å². The summed E-state index contributed by atoms with van der Waals surface area (Å²) in [5.41, 5.74) is 5.76. The molecular weight excluding hydrogens is 615 g/mol. The molecule has 0 aromatic heterocycles. The Labute approximate surface area is 285 Å². The molecule has 0 spiro atoms. The molecule has 0 radical (unpaired) electrons. The summed E-state index contributed by atoms with van der Waals surface area (Å²) in [5.74, 6) is 1.49. The van der Waals surface area contributed by atoms with Gasteiger partial charge in [0.2, 0.25) is 0 Å². The number of hydrogen-bond donors (Lipinski definition) is 0. The van der Waals surface area contributed by atoms with E-state index in [4.69, 9.17) is 0 Å². The third-order valence-corrected chi connectivity index (χ3v) is 13.1. The third-order valence-electron chi connectivity index (χ3n) is 8.14. The van der Waals surface area contributed by atoms with Crippen LogP contribution in [0.1, 0.15) is 109 Å². The summed E-state index contributed by atoms with van der Waals surface area (Å²) in [6.45, 7) is 16.2. The molecule has 0 saturated heterocycles. The van der Waals surface area contributed by atoms with Crippen molar-refractivity contribution in [2.75, 3.05) is 0 Å². The van der Waals surface area contributed by atoms with Crippen molar-refractivity contribution in [1.29, 1.82) is 0 Å². The molecule has 0 fully saturated rings. The van der Waals surface area contributed by atoms with Crippen molar-refractivity contribution in [1.82, 2.24) is 0 Å². The average molecular weight is 660 g/mol. The maximum absolute atomic E-state index is 3.76. The number of benzene rings is 3. The second-order valence-electron chi connectivity index (χ2n) is 11.7. The number of allylic oxidation sites excluding steroid dienone is 4. The van der Waals surface area contributed by atoms with Crippen LogP contribution in [0.3, 0.4) is 0 Å². The van der Waals surface area contributed by atoms with Gasteiger partial charge >= 0.3 is 21.7 Å². The van der Waals surface area contributed by atoms with Crippen LogP contribution in [0.25, 0.3) is 0 Å². The third kappa shape index (κ3) is 8.53. The first kappa shape index (κ1) is 39.9. The van der Waals surface area contributed by atoms with E-state index in [9.17, 15) is 0 Å². The van der Waals surface area contributed by atoms with Crippen LogP contribution < -0.4 is 52.8 Å². The van der Waals surface area contributed by atoms with Crippen molar-refractivity contribution in [3.8, 4) is 0 Å². The first-order chi connectivity index (χ1) is 17.8. The second kappa shape index (κ2) is 17.9. The summed E-state index contributed by atoms with van der Waals surface area (Å²) in [6.07, 6.45) is 10.6. The molecule has 0 atom stereocenters. The summed E-state index contributed by atoms with van der Waals surface area (Å²) in [5, 5.41) is 6.19. The standard InChI is InChI=1S/C36H45Si.3ClH.Ti/c1-8-9-14-29-15-13-22-36(29)37(33-19-10-16-30(23-33)26(2)3,34-20-11-17-31(24-34)27(4)5)35-21-12-18-32(25-35)28(6)7;;;;/h10-13,16-21,23-28H,8-9,14,22H2,1-7H3;3*1H;/q-1;;;;+4/p-3. The van der Waals surface area contributed by atoms with E-state index in [0.717, 1.165) is 12.8 Å². The van der Waals surface area contributed by atoms with Crippen molar-refractivity contribution in [3.63, 3.8) is 0 Å². The Morgan fingerprint density at radius 2 is 1.05 bits per heavy atom.